The van der Waals surface area contributed by atoms with Crippen LogP contribution in [0.5, 0.6) is 0 Å². The molecule has 0 aromatic heterocycles. The molecule has 0 saturated heterocycles. The van der Waals surface area contributed by atoms with E-state index in [9.17, 15) is 4.21 Å². The summed E-state index contributed by atoms with van der Waals surface area (Å²) < 4.78 is 19.5. The monoisotopic (exact) mass is 177 g/mol. The van der Waals surface area contributed by atoms with Crippen molar-refractivity contribution in [3.05, 3.63) is 0 Å². The van der Waals surface area contributed by atoms with Crippen molar-refractivity contribution in [3.63, 3.8) is 0 Å². The van der Waals surface area contributed by atoms with Gasteiger partial charge in [0.2, 0.25) is 0 Å². The van der Waals surface area contributed by atoms with Crippen molar-refractivity contribution in [1.29, 1.82) is 0 Å². The molecular weight excluding hydrogens is 162 g/mol. The van der Waals surface area contributed by atoms with E-state index in [0.717, 1.165) is 0 Å². The van der Waals surface area contributed by atoms with Gasteiger partial charge in [0.05, 0.1) is 11.4 Å². The Labute approximate surface area is 70.4 Å². The molecule has 11 heavy (non-hydrogen) atoms. The zero-order chi connectivity index (χ0) is 8.91. The molecule has 0 unspecified atom stereocenters. The molecule has 4 heteroatoms. The summed E-state index contributed by atoms with van der Waals surface area (Å²) in [6.07, 6.45) is 1.53. The Hall–Kier alpha value is -0.220. The quantitative estimate of drug-likeness (QED) is 0.607. The molecule has 0 aliphatic rings. The van der Waals surface area contributed by atoms with Gasteiger partial charge in [-0.2, -0.15) is 4.40 Å². The minimum absolute atomic E-state index is 0.274. The SMILES string of the molecule is COC/C=N/[S@](=O)C(C)(C)C. The molecule has 0 aliphatic heterocycles. The van der Waals surface area contributed by atoms with E-state index in [0.29, 0.717) is 6.61 Å². The fraction of sp³-hybridized carbons (Fsp3) is 0.857. The van der Waals surface area contributed by atoms with E-state index in [4.69, 9.17) is 4.74 Å². The predicted molar refractivity (Wildman–Crippen MR) is 48.3 cm³/mol. The molecule has 0 N–H and O–H groups in total. The number of ether oxygens (including phenoxy) is 1. The molecule has 0 bridgehead atoms. The van der Waals surface area contributed by atoms with Gasteiger partial charge in [-0.05, 0) is 20.8 Å². The Morgan fingerprint density at radius 3 is 2.45 bits per heavy atom. The second-order valence-corrected chi connectivity index (χ2v) is 5.04. The molecule has 0 amide bonds. The van der Waals surface area contributed by atoms with Crippen LogP contribution >= 0.6 is 0 Å². The lowest BCUT2D eigenvalue weighted by Gasteiger charge is -2.12. The zero-order valence-corrected chi connectivity index (χ0v) is 8.27. The number of hydrogen-bond donors (Lipinski definition) is 0. The Kier molecular flexibility index (Phi) is 4.52. The summed E-state index contributed by atoms with van der Waals surface area (Å²) in [7, 11) is 0.426. The highest BCUT2D eigenvalue weighted by atomic mass is 32.2. The Morgan fingerprint density at radius 1 is 1.55 bits per heavy atom. The highest BCUT2D eigenvalue weighted by molar-refractivity contribution is 7.85. The van der Waals surface area contributed by atoms with Gasteiger partial charge < -0.3 is 4.74 Å². The van der Waals surface area contributed by atoms with Crippen LogP contribution in [0.25, 0.3) is 0 Å². The average molecular weight is 177 g/mol. The third-order valence-corrected chi connectivity index (χ3v) is 2.32. The van der Waals surface area contributed by atoms with Crippen LogP contribution in [0.4, 0.5) is 0 Å². The van der Waals surface area contributed by atoms with Crippen LogP contribution in [-0.2, 0) is 15.7 Å². The van der Waals surface area contributed by atoms with Crippen molar-refractivity contribution in [2.24, 2.45) is 4.40 Å². The first-order chi connectivity index (χ1) is 4.98. The highest BCUT2D eigenvalue weighted by Gasteiger charge is 2.17. The maximum Gasteiger partial charge on any atom is 0.144 e. The van der Waals surface area contributed by atoms with Crippen molar-refractivity contribution < 1.29 is 8.95 Å². The topological polar surface area (TPSA) is 38.7 Å². The second kappa shape index (κ2) is 4.62. The number of nitrogens with zero attached hydrogens (tertiary/aromatic N) is 1. The van der Waals surface area contributed by atoms with Crippen LogP contribution < -0.4 is 0 Å². The average Bonchev–Trinajstić information content (AvgIpc) is 1.86. The van der Waals surface area contributed by atoms with E-state index in [1.54, 1.807) is 7.11 Å². The minimum atomic E-state index is -1.15. The van der Waals surface area contributed by atoms with Crippen molar-refractivity contribution in [2.75, 3.05) is 13.7 Å². The number of methoxy groups -OCH3 is 1. The van der Waals surface area contributed by atoms with Gasteiger partial charge >= 0.3 is 0 Å². The molecule has 0 aliphatic carbocycles. The Bertz CT molecular complexity index is 160. The van der Waals surface area contributed by atoms with Crippen molar-refractivity contribution in [1.82, 2.24) is 0 Å². The third kappa shape index (κ3) is 5.09. The maximum absolute atomic E-state index is 11.2. The van der Waals surface area contributed by atoms with Crippen LogP contribution in [-0.4, -0.2) is 28.9 Å². The lowest BCUT2D eigenvalue weighted by Crippen LogP contribution is -2.19. The summed E-state index contributed by atoms with van der Waals surface area (Å²) >= 11 is 0. The van der Waals surface area contributed by atoms with Crippen LogP contribution in [0.3, 0.4) is 0 Å². The normalized spacial score (nSPS) is 15.6. The molecule has 66 valence electrons. The number of hydrogen-bond acceptors (Lipinski definition) is 2. The summed E-state index contributed by atoms with van der Waals surface area (Å²) in [5.41, 5.74) is 0. The molecule has 0 aromatic carbocycles. The summed E-state index contributed by atoms with van der Waals surface area (Å²) in [5, 5.41) is 0. The van der Waals surface area contributed by atoms with E-state index in [1.165, 1.54) is 6.21 Å². The Morgan fingerprint density at radius 2 is 2.09 bits per heavy atom. The molecule has 0 saturated carbocycles. The van der Waals surface area contributed by atoms with Gasteiger partial charge in [-0.25, -0.2) is 4.21 Å². The fourth-order valence-electron chi connectivity index (χ4n) is 0.331. The number of rotatable bonds is 3. The molecule has 1 atom stereocenters. The minimum Gasteiger partial charge on any atom is -0.379 e. The molecule has 0 radical (unpaired) electrons. The van der Waals surface area contributed by atoms with Gasteiger partial charge in [0, 0.05) is 13.3 Å². The van der Waals surface area contributed by atoms with Crippen LogP contribution in [0.15, 0.2) is 4.40 Å². The zero-order valence-electron chi connectivity index (χ0n) is 7.46. The maximum atomic E-state index is 11.2. The smallest absolute Gasteiger partial charge is 0.144 e. The second-order valence-electron chi connectivity index (χ2n) is 3.10. The standard InChI is InChI=1S/C7H15NO2S/c1-7(2,3)11(9)8-5-6-10-4/h5H,6H2,1-4H3/b8-5+/t11-/m1/s1. The van der Waals surface area contributed by atoms with Crippen molar-refractivity contribution in [3.8, 4) is 0 Å². The molecular formula is C7H15NO2S. The largest absolute Gasteiger partial charge is 0.379 e. The Balaban J connectivity index is 3.88. The van der Waals surface area contributed by atoms with E-state index >= 15 is 0 Å². The van der Waals surface area contributed by atoms with Gasteiger partial charge in [-0.3, -0.25) is 0 Å². The third-order valence-electron chi connectivity index (χ3n) is 0.935. The first-order valence-electron chi connectivity index (χ1n) is 3.42. The summed E-state index contributed by atoms with van der Waals surface area (Å²) in [5.74, 6) is 0. The van der Waals surface area contributed by atoms with Gasteiger partial charge in [0.15, 0.2) is 0 Å². The summed E-state index contributed by atoms with van der Waals surface area (Å²) in [4.78, 5) is 0. The fourth-order valence-corrected chi connectivity index (χ4v) is 0.843. The first kappa shape index (κ1) is 10.8. The highest BCUT2D eigenvalue weighted by Crippen LogP contribution is 2.11. The van der Waals surface area contributed by atoms with Crippen molar-refractivity contribution in [2.45, 2.75) is 25.5 Å². The van der Waals surface area contributed by atoms with Gasteiger partial charge in [-0.1, -0.05) is 0 Å². The predicted octanol–water partition coefficient (Wildman–Crippen LogP) is 1.17. The lowest BCUT2D eigenvalue weighted by molar-refractivity contribution is 0.248. The summed E-state index contributed by atoms with van der Waals surface area (Å²) in [6, 6.07) is 0. The van der Waals surface area contributed by atoms with E-state index in [1.807, 2.05) is 20.8 Å². The lowest BCUT2D eigenvalue weighted by atomic mass is 10.3. The molecule has 0 fully saturated rings. The van der Waals surface area contributed by atoms with Gasteiger partial charge in [-0.15, -0.1) is 0 Å². The first-order valence-corrected chi connectivity index (χ1v) is 4.52. The van der Waals surface area contributed by atoms with E-state index in [2.05, 4.69) is 4.40 Å². The molecule has 3 nitrogen and oxygen atoms in total. The van der Waals surface area contributed by atoms with Crippen LogP contribution in [0.2, 0.25) is 0 Å². The van der Waals surface area contributed by atoms with Crippen LogP contribution in [0, 0.1) is 0 Å². The van der Waals surface area contributed by atoms with E-state index in [-0.39, 0.29) is 4.75 Å². The molecule has 0 rings (SSSR count). The molecule has 0 aromatic rings. The molecule has 0 heterocycles. The van der Waals surface area contributed by atoms with E-state index < -0.39 is 11.0 Å². The van der Waals surface area contributed by atoms with Crippen molar-refractivity contribution >= 4 is 17.2 Å². The summed E-state index contributed by atoms with van der Waals surface area (Å²) in [6.45, 7) is 6.07. The molecule has 0 spiro atoms. The van der Waals surface area contributed by atoms with Gasteiger partial charge in [0.25, 0.3) is 0 Å². The van der Waals surface area contributed by atoms with Crippen LogP contribution in [0.1, 0.15) is 20.8 Å². The van der Waals surface area contributed by atoms with Gasteiger partial charge in [0.1, 0.15) is 11.0 Å².